The Morgan fingerprint density at radius 3 is 2.59 bits per heavy atom. The molecule has 0 saturated heterocycles. The zero-order valence-corrected chi connectivity index (χ0v) is 14.7. The minimum atomic E-state index is -0.398. The summed E-state index contributed by atoms with van der Waals surface area (Å²) in [6, 6.07) is 16.0. The molecule has 3 aromatic rings. The van der Waals surface area contributed by atoms with Crippen molar-refractivity contribution < 1.29 is 18.4 Å². The molecule has 1 atom stereocenters. The van der Waals surface area contributed by atoms with E-state index < -0.39 is 5.91 Å². The van der Waals surface area contributed by atoms with Crippen molar-refractivity contribution in [2.24, 2.45) is 0 Å². The van der Waals surface area contributed by atoms with Gasteiger partial charge in [-0.3, -0.25) is 9.59 Å². The first-order valence-electron chi connectivity index (χ1n) is 8.52. The number of halogens is 1. The Morgan fingerprint density at radius 1 is 1.04 bits per heavy atom. The maximum Gasteiger partial charge on any atom is 0.291 e. The van der Waals surface area contributed by atoms with Crippen LogP contribution in [-0.4, -0.2) is 17.9 Å². The smallest absolute Gasteiger partial charge is 0.291 e. The minimum Gasteiger partial charge on any atom is -0.459 e. The molecule has 0 aliphatic carbocycles. The van der Waals surface area contributed by atoms with Crippen molar-refractivity contribution in [1.29, 1.82) is 0 Å². The molecule has 2 amide bonds. The molecule has 138 valence electrons. The van der Waals surface area contributed by atoms with Crippen molar-refractivity contribution in [2.75, 3.05) is 5.32 Å². The highest BCUT2D eigenvalue weighted by molar-refractivity contribution is 6.03. The molecule has 0 fully saturated rings. The topological polar surface area (TPSA) is 71.3 Å². The maximum atomic E-state index is 13.7. The molecule has 0 bridgehead atoms. The first kappa shape index (κ1) is 18.4. The molecule has 1 aromatic heterocycles. The van der Waals surface area contributed by atoms with E-state index in [1.807, 2.05) is 6.92 Å². The number of carbonyl (C=O) groups is 2. The van der Waals surface area contributed by atoms with Gasteiger partial charge in [0.2, 0.25) is 0 Å². The van der Waals surface area contributed by atoms with Crippen LogP contribution in [0.4, 0.5) is 10.1 Å². The van der Waals surface area contributed by atoms with E-state index in [1.54, 1.807) is 54.6 Å². The van der Waals surface area contributed by atoms with Gasteiger partial charge in [0.25, 0.3) is 11.8 Å². The lowest BCUT2D eigenvalue weighted by Crippen LogP contribution is -2.34. The SMILES string of the molecule is CC(Cc1ccccc1F)NC(=O)c1cccc(NC(=O)c2ccco2)c1. The van der Waals surface area contributed by atoms with Crippen molar-refractivity contribution in [3.8, 4) is 0 Å². The third-order valence-electron chi connectivity index (χ3n) is 3.99. The maximum absolute atomic E-state index is 13.7. The first-order valence-corrected chi connectivity index (χ1v) is 8.52. The quantitative estimate of drug-likeness (QED) is 0.692. The number of carbonyl (C=O) groups excluding carboxylic acids is 2. The number of amides is 2. The number of furan rings is 1. The molecule has 0 spiro atoms. The second-order valence-corrected chi connectivity index (χ2v) is 6.18. The fraction of sp³-hybridized carbons (Fsp3) is 0.143. The first-order chi connectivity index (χ1) is 13.0. The van der Waals surface area contributed by atoms with Crippen LogP contribution in [-0.2, 0) is 6.42 Å². The van der Waals surface area contributed by atoms with Gasteiger partial charge in [0.05, 0.1) is 6.26 Å². The van der Waals surface area contributed by atoms with Crippen LogP contribution < -0.4 is 10.6 Å². The summed E-state index contributed by atoms with van der Waals surface area (Å²) in [5.41, 5.74) is 1.42. The molecule has 5 nitrogen and oxygen atoms in total. The number of hydrogen-bond acceptors (Lipinski definition) is 3. The zero-order valence-electron chi connectivity index (χ0n) is 14.7. The summed E-state index contributed by atoms with van der Waals surface area (Å²) in [6.45, 7) is 1.81. The Morgan fingerprint density at radius 2 is 1.85 bits per heavy atom. The third kappa shape index (κ3) is 4.82. The van der Waals surface area contributed by atoms with Crippen LogP contribution >= 0.6 is 0 Å². The lowest BCUT2D eigenvalue weighted by Gasteiger charge is -2.15. The highest BCUT2D eigenvalue weighted by atomic mass is 19.1. The Balaban J connectivity index is 1.63. The number of anilines is 1. The van der Waals surface area contributed by atoms with E-state index in [9.17, 15) is 14.0 Å². The molecule has 0 aliphatic rings. The van der Waals surface area contributed by atoms with Crippen molar-refractivity contribution in [1.82, 2.24) is 5.32 Å². The normalized spacial score (nSPS) is 11.6. The van der Waals surface area contributed by atoms with Crippen molar-refractivity contribution >= 4 is 17.5 Å². The monoisotopic (exact) mass is 366 g/mol. The number of nitrogens with one attached hydrogen (secondary N) is 2. The molecular formula is C21H19FN2O3. The predicted molar refractivity (Wildman–Crippen MR) is 100 cm³/mol. The molecule has 1 unspecified atom stereocenters. The van der Waals surface area contributed by atoms with Gasteiger partial charge in [0.1, 0.15) is 5.82 Å². The van der Waals surface area contributed by atoms with Gasteiger partial charge in [-0.25, -0.2) is 4.39 Å². The lowest BCUT2D eigenvalue weighted by molar-refractivity contribution is 0.0938. The summed E-state index contributed by atoms with van der Waals surface area (Å²) >= 11 is 0. The lowest BCUT2D eigenvalue weighted by atomic mass is 10.1. The average Bonchev–Trinajstić information content (AvgIpc) is 3.19. The molecule has 0 saturated carbocycles. The molecule has 2 aromatic carbocycles. The molecule has 27 heavy (non-hydrogen) atoms. The molecule has 0 aliphatic heterocycles. The van der Waals surface area contributed by atoms with Crippen LogP contribution in [0.3, 0.4) is 0 Å². The van der Waals surface area contributed by atoms with Gasteiger partial charge in [0, 0.05) is 17.3 Å². The second kappa shape index (κ2) is 8.31. The van der Waals surface area contributed by atoms with Gasteiger partial charge < -0.3 is 15.1 Å². The Labute approximate surface area is 156 Å². The van der Waals surface area contributed by atoms with E-state index in [2.05, 4.69) is 10.6 Å². The van der Waals surface area contributed by atoms with Gasteiger partial charge in [-0.05, 0) is 55.3 Å². The second-order valence-electron chi connectivity index (χ2n) is 6.18. The van der Waals surface area contributed by atoms with E-state index in [1.165, 1.54) is 12.3 Å². The van der Waals surface area contributed by atoms with E-state index >= 15 is 0 Å². The number of hydrogen-bond donors (Lipinski definition) is 2. The molecule has 2 N–H and O–H groups in total. The van der Waals surface area contributed by atoms with Crippen molar-refractivity contribution in [3.05, 3.63) is 89.6 Å². The number of benzene rings is 2. The van der Waals surface area contributed by atoms with E-state index in [-0.39, 0.29) is 23.5 Å². The van der Waals surface area contributed by atoms with Crippen LogP contribution in [0.5, 0.6) is 0 Å². The Kier molecular flexibility index (Phi) is 5.66. The molecule has 0 radical (unpaired) electrons. The highest BCUT2D eigenvalue weighted by Gasteiger charge is 2.14. The summed E-state index contributed by atoms with van der Waals surface area (Å²) in [6.07, 6.45) is 1.79. The average molecular weight is 366 g/mol. The van der Waals surface area contributed by atoms with Crippen LogP contribution in [0, 0.1) is 5.82 Å². The van der Waals surface area contributed by atoms with Crippen LogP contribution in [0.2, 0.25) is 0 Å². The van der Waals surface area contributed by atoms with E-state index in [0.717, 1.165) is 0 Å². The van der Waals surface area contributed by atoms with Crippen molar-refractivity contribution in [2.45, 2.75) is 19.4 Å². The van der Waals surface area contributed by atoms with Crippen molar-refractivity contribution in [3.63, 3.8) is 0 Å². The highest BCUT2D eigenvalue weighted by Crippen LogP contribution is 2.14. The van der Waals surface area contributed by atoms with E-state index in [4.69, 9.17) is 4.42 Å². The molecule has 6 heteroatoms. The molecule has 1 heterocycles. The fourth-order valence-corrected chi connectivity index (χ4v) is 2.69. The van der Waals surface area contributed by atoms with Gasteiger partial charge in [-0.2, -0.15) is 0 Å². The van der Waals surface area contributed by atoms with Crippen LogP contribution in [0.15, 0.2) is 71.3 Å². The number of rotatable bonds is 6. The van der Waals surface area contributed by atoms with Gasteiger partial charge in [-0.15, -0.1) is 0 Å². The predicted octanol–water partition coefficient (Wildman–Crippen LogP) is 4.03. The largest absolute Gasteiger partial charge is 0.459 e. The minimum absolute atomic E-state index is 0.184. The van der Waals surface area contributed by atoms with Crippen LogP contribution in [0.1, 0.15) is 33.4 Å². The van der Waals surface area contributed by atoms with Gasteiger partial charge >= 0.3 is 0 Å². The summed E-state index contributed by atoms with van der Waals surface area (Å²) in [5.74, 6) is -0.803. The Bertz CT molecular complexity index is 938. The van der Waals surface area contributed by atoms with Gasteiger partial charge in [-0.1, -0.05) is 24.3 Å². The standard InChI is InChI=1S/C21H19FN2O3/c1-14(12-15-6-2-3-9-18(15)22)23-20(25)16-7-4-8-17(13-16)24-21(26)19-10-5-11-27-19/h2-11,13-14H,12H2,1H3,(H,23,25)(H,24,26). The molecule has 3 rings (SSSR count). The summed E-state index contributed by atoms with van der Waals surface area (Å²) in [5, 5.41) is 5.52. The van der Waals surface area contributed by atoms with Gasteiger partial charge in [0.15, 0.2) is 5.76 Å². The fourth-order valence-electron chi connectivity index (χ4n) is 2.69. The Hall–Kier alpha value is -3.41. The van der Waals surface area contributed by atoms with E-state index in [0.29, 0.717) is 23.2 Å². The summed E-state index contributed by atoms with van der Waals surface area (Å²) < 4.78 is 18.8. The van der Waals surface area contributed by atoms with Crippen LogP contribution in [0.25, 0.3) is 0 Å². The molecular weight excluding hydrogens is 347 g/mol. The zero-order chi connectivity index (χ0) is 19.2. The summed E-state index contributed by atoms with van der Waals surface area (Å²) in [7, 11) is 0. The summed E-state index contributed by atoms with van der Waals surface area (Å²) in [4.78, 5) is 24.5. The third-order valence-corrected chi connectivity index (χ3v) is 3.99.